The molecule has 1 aliphatic heterocycles. The fourth-order valence-electron chi connectivity index (χ4n) is 2.69. The number of aliphatic hydroxyl groups excluding tert-OH is 1. The van der Waals surface area contributed by atoms with Gasteiger partial charge in [-0.3, -0.25) is 4.90 Å². The molecule has 1 atom stereocenters. The van der Waals surface area contributed by atoms with Gasteiger partial charge in [0.1, 0.15) is 6.61 Å². The number of nitrogens with zero attached hydrogens (tertiary/aromatic N) is 2. The molecule has 2 rings (SSSR count). The van der Waals surface area contributed by atoms with Crippen LogP contribution < -0.4 is 0 Å². The average Bonchev–Trinajstić information content (AvgIpc) is 2.48. The minimum atomic E-state index is -0.0819. The molecule has 1 heterocycles. The van der Waals surface area contributed by atoms with Crippen molar-refractivity contribution in [1.29, 1.82) is 0 Å². The second kappa shape index (κ2) is 7.44. The molecular weight excluding hydrogens is 248 g/mol. The van der Waals surface area contributed by atoms with E-state index in [4.69, 9.17) is 5.11 Å². The number of rotatable bonds is 3. The van der Waals surface area contributed by atoms with Crippen molar-refractivity contribution in [2.45, 2.75) is 25.9 Å². The Bertz CT molecular complexity index is 472. The van der Waals surface area contributed by atoms with E-state index in [1.165, 1.54) is 12.0 Å². The van der Waals surface area contributed by atoms with E-state index in [-0.39, 0.29) is 6.61 Å². The molecule has 0 amide bonds. The number of benzene rings is 1. The Hall–Kier alpha value is -1.34. The van der Waals surface area contributed by atoms with Gasteiger partial charge in [-0.2, -0.15) is 0 Å². The molecule has 3 heteroatoms. The van der Waals surface area contributed by atoms with Crippen molar-refractivity contribution in [3.63, 3.8) is 0 Å². The molecule has 0 saturated carbocycles. The highest BCUT2D eigenvalue weighted by atomic mass is 16.2. The Kier molecular flexibility index (Phi) is 5.60. The number of likely N-dealkylation sites (N-methyl/N-ethyl adjacent to an activating group) is 1. The van der Waals surface area contributed by atoms with E-state index in [9.17, 15) is 0 Å². The zero-order valence-corrected chi connectivity index (χ0v) is 12.5. The fraction of sp³-hybridized carbons (Fsp3) is 0.529. The van der Waals surface area contributed by atoms with E-state index in [1.807, 2.05) is 12.1 Å². The zero-order chi connectivity index (χ0) is 14.4. The Morgan fingerprint density at radius 3 is 2.65 bits per heavy atom. The first-order valence-corrected chi connectivity index (χ1v) is 7.34. The number of hydrogen-bond acceptors (Lipinski definition) is 3. The molecule has 1 N–H and O–H groups in total. The van der Waals surface area contributed by atoms with Crippen molar-refractivity contribution in [2.24, 2.45) is 0 Å². The minimum absolute atomic E-state index is 0.0819. The average molecular weight is 272 g/mol. The highest BCUT2D eigenvalue weighted by molar-refractivity contribution is 5.36. The highest BCUT2D eigenvalue weighted by Crippen LogP contribution is 2.14. The van der Waals surface area contributed by atoms with Gasteiger partial charge in [-0.1, -0.05) is 30.9 Å². The Morgan fingerprint density at radius 2 is 2.00 bits per heavy atom. The lowest BCUT2D eigenvalue weighted by molar-refractivity contribution is 0.0884. The van der Waals surface area contributed by atoms with Gasteiger partial charge >= 0.3 is 0 Å². The first-order chi connectivity index (χ1) is 9.72. The van der Waals surface area contributed by atoms with Gasteiger partial charge in [-0.05, 0) is 31.2 Å². The van der Waals surface area contributed by atoms with Gasteiger partial charge in [0.25, 0.3) is 0 Å². The number of aliphatic hydroxyl groups is 1. The van der Waals surface area contributed by atoms with Crippen molar-refractivity contribution < 1.29 is 5.11 Å². The summed E-state index contributed by atoms with van der Waals surface area (Å²) in [6.07, 6.45) is 1.21. The number of hydrogen-bond donors (Lipinski definition) is 1. The fourth-order valence-corrected chi connectivity index (χ4v) is 2.69. The normalized spacial score (nSPS) is 20.4. The summed E-state index contributed by atoms with van der Waals surface area (Å²) in [7, 11) is 2.22. The highest BCUT2D eigenvalue weighted by Gasteiger charge is 2.22. The van der Waals surface area contributed by atoms with Crippen LogP contribution in [0, 0.1) is 11.8 Å². The van der Waals surface area contributed by atoms with E-state index >= 15 is 0 Å². The van der Waals surface area contributed by atoms with Gasteiger partial charge in [0.2, 0.25) is 0 Å². The van der Waals surface area contributed by atoms with Crippen LogP contribution in [-0.4, -0.2) is 54.2 Å². The van der Waals surface area contributed by atoms with E-state index in [1.54, 1.807) is 0 Å². The summed E-state index contributed by atoms with van der Waals surface area (Å²) in [5.74, 6) is 5.60. The third-order valence-electron chi connectivity index (χ3n) is 4.00. The van der Waals surface area contributed by atoms with Crippen LogP contribution in [0.1, 0.15) is 24.5 Å². The lowest BCUT2D eigenvalue weighted by Gasteiger charge is -2.39. The maximum Gasteiger partial charge on any atom is 0.104 e. The van der Waals surface area contributed by atoms with Crippen molar-refractivity contribution in [1.82, 2.24) is 9.80 Å². The van der Waals surface area contributed by atoms with Crippen LogP contribution in [0.25, 0.3) is 0 Å². The molecule has 1 aromatic rings. The van der Waals surface area contributed by atoms with Gasteiger partial charge in [-0.25, -0.2) is 0 Å². The van der Waals surface area contributed by atoms with Crippen LogP contribution in [0.2, 0.25) is 0 Å². The number of piperazine rings is 1. The monoisotopic (exact) mass is 272 g/mol. The molecule has 1 aliphatic rings. The molecule has 1 unspecified atom stereocenters. The zero-order valence-electron chi connectivity index (χ0n) is 12.5. The SMILES string of the molecule is CCC1CN(Cc2ccc(C#CCO)cc2)CCN1C. The maximum absolute atomic E-state index is 8.68. The standard InChI is InChI=1S/C17H24N2O/c1-3-17-14-19(11-10-18(17)2)13-16-8-6-15(7-9-16)5-4-12-20/h6-9,17,20H,3,10-14H2,1-2H3. The Labute approximate surface area is 122 Å². The summed E-state index contributed by atoms with van der Waals surface area (Å²) >= 11 is 0. The van der Waals surface area contributed by atoms with Crippen molar-refractivity contribution in [3.8, 4) is 11.8 Å². The van der Waals surface area contributed by atoms with Gasteiger partial charge in [0.15, 0.2) is 0 Å². The molecule has 1 saturated heterocycles. The van der Waals surface area contributed by atoms with Crippen LogP contribution in [-0.2, 0) is 6.54 Å². The molecule has 20 heavy (non-hydrogen) atoms. The molecule has 0 aromatic heterocycles. The van der Waals surface area contributed by atoms with Crippen molar-refractivity contribution in [3.05, 3.63) is 35.4 Å². The van der Waals surface area contributed by atoms with Gasteiger partial charge in [0.05, 0.1) is 0 Å². The second-order valence-corrected chi connectivity index (χ2v) is 5.43. The van der Waals surface area contributed by atoms with E-state index < -0.39 is 0 Å². The van der Waals surface area contributed by atoms with Crippen LogP contribution in [0.3, 0.4) is 0 Å². The molecule has 108 valence electrons. The first-order valence-electron chi connectivity index (χ1n) is 7.34. The maximum atomic E-state index is 8.68. The molecule has 0 bridgehead atoms. The predicted octanol–water partition coefficient (Wildman–Crippen LogP) is 1.56. The Balaban J connectivity index is 1.93. The summed E-state index contributed by atoms with van der Waals surface area (Å²) in [4.78, 5) is 4.99. The summed E-state index contributed by atoms with van der Waals surface area (Å²) in [5, 5.41) is 8.68. The van der Waals surface area contributed by atoms with Crippen LogP contribution >= 0.6 is 0 Å². The largest absolute Gasteiger partial charge is 0.384 e. The van der Waals surface area contributed by atoms with Crippen molar-refractivity contribution >= 4 is 0 Å². The van der Waals surface area contributed by atoms with E-state index in [0.29, 0.717) is 6.04 Å². The Morgan fingerprint density at radius 1 is 1.25 bits per heavy atom. The first kappa shape index (κ1) is 15.1. The van der Waals surface area contributed by atoms with Gasteiger partial charge in [-0.15, -0.1) is 0 Å². The smallest absolute Gasteiger partial charge is 0.104 e. The summed E-state index contributed by atoms with van der Waals surface area (Å²) < 4.78 is 0. The molecular formula is C17H24N2O. The predicted molar refractivity (Wildman–Crippen MR) is 82.4 cm³/mol. The van der Waals surface area contributed by atoms with Crippen molar-refractivity contribution in [2.75, 3.05) is 33.3 Å². The quantitative estimate of drug-likeness (QED) is 0.846. The molecule has 1 fully saturated rings. The van der Waals surface area contributed by atoms with Crippen LogP contribution in [0.5, 0.6) is 0 Å². The van der Waals surface area contributed by atoms with Gasteiger partial charge < -0.3 is 10.0 Å². The molecule has 0 aliphatic carbocycles. The molecule has 0 spiro atoms. The second-order valence-electron chi connectivity index (χ2n) is 5.43. The topological polar surface area (TPSA) is 26.7 Å². The third kappa shape index (κ3) is 4.08. The molecule has 0 radical (unpaired) electrons. The van der Waals surface area contributed by atoms with Crippen LogP contribution in [0.4, 0.5) is 0 Å². The third-order valence-corrected chi connectivity index (χ3v) is 4.00. The minimum Gasteiger partial charge on any atom is -0.384 e. The summed E-state index contributed by atoms with van der Waals surface area (Å²) in [6, 6.07) is 9.02. The van der Waals surface area contributed by atoms with Gasteiger partial charge in [0, 0.05) is 37.8 Å². The lowest BCUT2D eigenvalue weighted by atomic mass is 10.1. The molecule has 1 aromatic carbocycles. The molecule has 3 nitrogen and oxygen atoms in total. The van der Waals surface area contributed by atoms with Crippen LogP contribution in [0.15, 0.2) is 24.3 Å². The lowest BCUT2D eigenvalue weighted by Crippen LogP contribution is -2.50. The summed E-state index contributed by atoms with van der Waals surface area (Å²) in [5.41, 5.74) is 2.30. The summed E-state index contributed by atoms with van der Waals surface area (Å²) in [6.45, 7) is 6.63. The van der Waals surface area contributed by atoms with E-state index in [0.717, 1.165) is 31.7 Å². The van der Waals surface area contributed by atoms with E-state index in [2.05, 4.69) is 47.7 Å².